The quantitative estimate of drug-likeness (QED) is 0.578. The molecular formula is C26H24F2N2O4. The molecule has 0 N–H and O–H groups in total. The van der Waals surface area contributed by atoms with Crippen LogP contribution in [0.5, 0.6) is 5.75 Å². The van der Waals surface area contributed by atoms with Crippen molar-refractivity contribution in [1.29, 1.82) is 0 Å². The van der Waals surface area contributed by atoms with E-state index in [-0.39, 0.29) is 29.4 Å². The molecular weight excluding hydrogens is 442 g/mol. The van der Waals surface area contributed by atoms with Crippen LogP contribution < -0.4 is 4.74 Å². The van der Waals surface area contributed by atoms with Crippen LogP contribution in [0.2, 0.25) is 0 Å². The van der Waals surface area contributed by atoms with Crippen molar-refractivity contribution in [2.24, 2.45) is 0 Å². The minimum atomic E-state index is -0.744. The van der Waals surface area contributed by atoms with Crippen molar-refractivity contribution < 1.29 is 27.5 Å². The van der Waals surface area contributed by atoms with E-state index in [0.717, 1.165) is 23.3 Å². The molecule has 8 heteroatoms. The number of nitrogens with zero attached hydrogens (tertiary/aromatic N) is 2. The van der Waals surface area contributed by atoms with Crippen LogP contribution in [0.15, 0.2) is 65.3 Å². The number of halogens is 2. The highest BCUT2D eigenvalue weighted by Gasteiger charge is 2.39. The number of carbonyl (C=O) groups excluding carboxylic acids is 2. The van der Waals surface area contributed by atoms with Crippen molar-refractivity contribution in [3.8, 4) is 5.75 Å². The molecule has 2 aliphatic heterocycles. The fourth-order valence-corrected chi connectivity index (χ4v) is 4.65. The average Bonchev–Trinajstić information content (AvgIpc) is 3.40. The molecule has 0 saturated carbocycles. The lowest BCUT2D eigenvalue weighted by Gasteiger charge is -2.40. The molecule has 1 atom stereocenters. The smallest absolute Gasteiger partial charge is 0.290 e. The lowest BCUT2D eigenvalue weighted by atomic mass is 9.92. The molecule has 2 amide bonds. The lowest BCUT2D eigenvalue weighted by Crippen LogP contribution is -2.55. The molecule has 5 rings (SSSR count). The molecule has 2 aromatic carbocycles. The van der Waals surface area contributed by atoms with Gasteiger partial charge in [0, 0.05) is 45.0 Å². The van der Waals surface area contributed by atoms with Gasteiger partial charge in [-0.05, 0) is 35.4 Å². The van der Waals surface area contributed by atoms with E-state index in [1.807, 2.05) is 24.3 Å². The van der Waals surface area contributed by atoms with Crippen LogP contribution in [0.4, 0.5) is 8.78 Å². The van der Waals surface area contributed by atoms with Gasteiger partial charge in [-0.3, -0.25) is 9.59 Å². The van der Waals surface area contributed by atoms with Crippen LogP contribution in [0, 0.1) is 11.6 Å². The third kappa shape index (κ3) is 4.40. The molecule has 1 fully saturated rings. The zero-order valence-electron chi connectivity index (χ0n) is 18.5. The maximum Gasteiger partial charge on any atom is 0.290 e. The molecule has 176 valence electrons. The monoisotopic (exact) mass is 466 g/mol. The molecule has 0 aliphatic carbocycles. The van der Waals surface area contributed by atoms with E-state index in [1.54, 1.807) is 21.9 Å². The van der Waals surface area contributed by atoms with Crippen LogP contribution in [0.25, 0.3) is 0 Å². The standard InChI is InChI=1S/C26H24F2N2O4/c27-19-7-8-23(21(28)15-19)34-20-9-11-29(12-10-20)25(31)22-14-17-4-1-2-5-18(17)16-30(22)26(32)24-6-3-13-33-24/h1-8,13,15,20,22H,9-12,14,16H2. The topological polar surface area (TPSA) is 63.0 Å². The highest BCUT2D eigenvalue weighted by Crippen LogP contribution is 2.28. The maximum absolute atomic E-state index is 13.9. The van der Waals surface area contributed by atoms with Crippen molar-refractivity contribution in [2.75, 3.05) is 13.1 Å². The van der Waals surface area contributed by atoms with Crippen molar-refractivity contribution in [3.63, 3.8) is 0 Å². The predicted octanol–water partition coefficient (Wildman–Crippen LogP) is 4.19. The molecule has 3 aromatic rings. The van der Waals surface area contributed by atoms with Crippen molar-refractivity contribution in [1.82, 2.24) is 9.80 Å². The third-order valence-corrected chi connectivity index (χ3v) is 6.47. The highest BCUT2D eigenvalue weighted by molar-refractivity contribution is 5.96. The minimum Gasteiger partial charge on any atom is -0.487 e. The fourth-order valence-electron chi connectivity index (χ4n) is 4.65. The van der Waals surface area contributed by atoms with E-state index in [4.69, 9.17) is 9.15 Å². The first-order valence-corrected chi connectivity index (χ1v) is 11.3. The van der Waals surface area contributed by atoms with Crippen molar-refractivity contribution in [3.05, 3.63) is 89.4 Å². The Morgan fingerprint density at radius 1 is 0.971 bits per heavy atom. The van der Waals surface area contributed by atoms with E-state index < -0.39 is 17.7 Å². The summed E-state index contributed by atoms with van der Waals surface area (Å²) in [6, 6.07) is 13.6. The summed E-state index contributed by atoms with van der Waals surface area (Å²) in [6.07, 6.45) is 2.61. The average molecular weight is 466 g/mol. The van der Waals surface area contributed by atoms with Crippen molar-refractivity contribution >= 4 is 11.8 Å². The second-order valence-electron chi connectivity index (χ2n) is 8.62. The Balaban J connectivity index is 1.29. The van der Waals surface area contributed by atoms with Crippen molar-refractivity contribution in [2.45, 2.75) is 38.0 Å². The van der Waals surface area contributed by atoms with Gasteiger partial charge in [-0.25, -0.2) is 8.78 Å². The summed E-state index contributed by atoms with van der Waals surface area (Å²) in [6.45, 7) is 1.18. The van der Waals surface area contributed by atoms with Crippen LogP contribution in [0.1, 0.15) is 34.5 Å². The Morgan fingerprint density at radius 2 is 1.74 bits per heavy atom. The summed E-state index contributed by atoms with van der Waals surface area (Å²) in [5.74, 6) is -1.64. The lowest BCUT2D eigenvalue weighted by molar-refractivity contribution is -0.138. The number of carbonyl (C=O) groups is 2. The molecule has 0 radical (unpaired) electrons. The van der Waals surface area contributed by atoms with Gasteiger partial charge < -0.3 is 19.0 Å². The number of likely N-dealkylation sites (tertiary alicyclic amines) is 1. The van der Waals surface area contributed by atoms with Gasteiger partial charge in [-0.1, -0.05) is 24.3 Å². The Kier molecular flexibility index (Phi) is 6.04. The summed E-state index contributed by atoms with van der Waals surface area (Å²) in [5.41, 5.74) is 2.06. The molecule has 1 saturated heterocycles. The number of hydrogen-bond acceptors (Lipinski definition) is 4. The molecule has 2 aliphatic rings. The van der Waals surface area contributed by atoms with E-state index in [2.05, 4.69) is 0 Å². The Labute approximate surface area is 195 Å². The van der Waals surface area contributed by atoms with Gasteiger partial charge >= 0.3 is 0 Å². The number of rotatable bonds is 4. The number of furan rings is 1. The fraction of sp³-hybridized carbons (Fsp3) is 0.308. The van der Waals surface area contributed by atoms with E-state index in [1.165, 1.54) is 12.3 Å². The maximum atomic E-state index is 13.9. The first-order chi connectivity index (χ1) is 16.5. The van der Waals surface area contributed by atoms with Gasteiger partial charge in [0.05, 0.1) is 6.26 Å². The first-order valence-electron chi connectivity index (χ1n) is 11.3. The van der Waals surface area contributed by atoms with Gasteiger partial charge in [0.1, 0.15) is 18.0 Å². The SMILES string of the molecule is O=C(C1Cc2ccccc2CN1C(=O)c1ccco1)N1CCC(Oc2ccc(F)cc2F)CC1. The number of hydrogen-bond donors (Lipinski definition) is 0. The predicted molar refractivity (Wildman–Crippen MR) is 119 cm³/mol. The molecule has 0 spiro atoms. The number of amides is 2. The second kappa shape index (κ2) is 9.29. The molecule has 3 heterocycles. The Morgan fingerprint density at radius 3 is 2.44 bits per heavy atom. The first kappa shape index (κ1) is 22.1. The summed E-state index contributed by atoms with van der Waals surface area (Å²) in [7, 11) is 0. The van der Waals surface area contributed by atoms with Crippen LogP contribution in [-0.4, -0.2) is 46.8 Å². The number of piperidine rings is 1. The molecule has 0 bridgehead atoms. The van der Waals surface area contributed by atoms with E-state index >= 15 is 0 Å². The zero-order chi connectivity index (χ0) is 23.7. The van der Waals surface area contributed by atoms with Gasteiger partial charge in [0.2, 0.25) is 5.91 Å². The van der Waals surface area contributed by atoms with Gasteiger partial charge in [0.25, 0.3) is 5.91 Å². The normalized spacial score (nSPS) is 18.5. The third-order valence-electron chi connectivity index (χ3n) is 6.47. The number of fused-ring (bicyclic) bond motifs is 1. The Hall–Kier alpha value is -3.68. The molecule has 1 unspecified atom stereocenters. The minimum absolute atomic E-state index is 0.00489. The second-order valence-corrected chi connectivity index (χ2v) is 8.62. The Bertz CT molecular complexity index is 1190. The molecule has 34 heavy (non-hydrogen) atoms. The van der Waals surface area contributed by atoms with Gasteiger partial charge in [-0.2, -0.15) is 0 Å². The number of ether oxygens (including phenoxy) is 1. The van der Waals surface area contributed by atoms with E-state index in [0.29, 0.717) is 38.9 Å². The summed E-state index contributed by atoms with van der Waals surface area (Å²) < 4.78 is 38.1. The molecule has 1 aromatic heterocycles. The van der Waals surface area contributed by atoms with E-state index in [9.17, 15) is 18.4 Å². The number of benzene rings is 2. The summed E-state index contributed by atoms with van der Waals surface area (Å²) in [4.78, 5) is 30.0. The largest absolute Gasteiger partial charge is 0.487 e. The van der Waals surface area contributed by atoms with Gasteiger partial charge in [-0.15, -0.1) is 0 Å². The molecule has 6 nitrogen and oxygen atoms in total. The van der Waals surface area contributed by atoms with Crippen LogP contribution in [-0.2, 0) is 17.8 Å². The summed E-state index contributed by atoms with van der Waals surface area (Å²) >= 11 is 0. The van der Waals surface area contributed by atoms with Gasteiger partial charge in [0.15, 0.2) is 17.3 Å². The zero-order valence-corrected chi connectivity index (χ0v) is 18.5. The van der Waals surface area contributed by atoms with Crippen LogP contribution >= 0.6 is 0 Å². The highest BCUT2D eigenvalue weighted by atomic mass is 19.1. The summed E-state index contributed by atoms with van der Waals surface area (Å²) in [5, 5.41) is 0. The van der Waals surface area contributed by atoms with Crippen LogP contribution in [0.3, 0.4) is 0 Å².